The molecule has 3 N–H and O–H groups in total. The van der Waals surface area contributed by atoms with Gasteiger partial charge in [0.05, 0.1) is 12.3 Å². The molecule has 0 radical (unpaired) electrons. The third-order valence-corrected chi connectivity index (χ3v) is 4.11. The van der Waals surface area contributed by atoms with Crippen LogP contribution < -0.4 is 4.74 Å². The number of hydrogen-bond donors (Lipinski definition) is 3. The second kappa shape index (κ2) is 5.53. The molecule has 94 valence electrons. The van der Waals surface area contributed by atoms with Gasteiger partial charge >= 0.3 is 0 Å². The molecule has 4 atom stereocenters. The van der Waals surface area contributed by atoms with Crippen molar-refractivity contribution in [2.24, 2.45) is 0 Å². The fraction of sp³-hybridized carbons (Fsp3) is 0.500. The van der Waals surface area contributed by atoms with E-state index in [1.165, 1.54) is 18.0 Å². The van der Waals surface area contributed by atoms with Crippen LogP contribution in [0.2, 0.25) is 0 Å². The zero-order valence-corrected chi connectivity index (χ0v) is 11.1. The van der Waals surface area contributed by atoms with Crippen molar-refractivity contribution < 1.29 is 20.1 Å². The van der Waals surface area contributed by atoms with Crippen LogP contribution in [-0.2, 0) is 0 Å². The maximum absolute atomic E-state index is 9.74. The lowest BCUT2D eigenvalue weighted by atomic mass is 10.1. The molecular formula is C10H12BrNO4S. The van der Waals surface area contributed by atoms with E-state index in [9.17, 15) is 15.3 Å². The SMILES string of the molecule is O[C@@H]1[C@@H](O)[C@@H](Oc2ccc(Br)nc2)SC[C@H]1O. The Hall–Kier alpha value is -0.340. The summed E-state index contributed by atoms with van der Waals surface area (Å²) in [6.45, 7) is 0. The number of pyridine rings is 1. The molecule has 17 heavy (non-hydrogen) atoms. The Labute approximate surface area is 111 Å². The van der Waals surface area contributed by atoms with Crippen molar-refractivity contribution in [1.82, 2.24) is 4.98 Å². The molecule has 7 heteroatoms. The van der Waals surface area contributed by atoms with Crippen molar-refractivity contribution in [2.45, 2.75) is 23.7 Å². The molecule has 0 saturated carbocycles. The van der Waals surface area contributed by atoms with E-state index >= 15 is 0 Å². The van der Waals surface area contributed by atoms with Gasteiger partial charge in [-0.05, 0) is 28.1 Å². The molecule has 1 saturated heterocycles. The van der Waals surface area contributed by atoms with Gasteiger partial charge in [-0.3, -0.25) is 0 Å². The number of thioether (sulfide) groups is 1. The van der Waals surface area contributed by atoms with E-state index in [2.05, 4.69) is 20.9 Å². The minimum absolute atomic E-state index is 0.326. The highest BCUT2D eigenvalue weighted by Crippen LogP contribution is 2.29. The van der Waals surface area contributed by atoms with Crippen LogP contribution in [0, 0.1) is 0 Å². The average Bonchev–Trinajstić information content (AvgIpc) is 2.33. The topological polar surface area (TPSA) is 82.8 Å². The van der Waals surface area contributed by atoms with E-state index in [1.54, 1.807) is 12.1 Å². The van der Waals surface area contributed by atoms with Gasteiger partial charge in [-0.1, -0.05) is 0 Å². The van der Waals surface area contributed by atoms with E-state index in [1.807, 2.05) is 0 Å². The van der Waals surface area contributed by atoms with Crippen molar-refractivity contribution in [3.8, 4) is 5.75 Å². The lowest BCUT2D eigenvalue weighted by molar-refractivity contribution is -0.0786. The Kier molecular flexibility index (Phi) is 4.26. The second-order valence-electron chi connectivity index (χ2n) is 3.68. The maximum atomic E-state index is 9.74. The lowest BCUT2D eigenvalue weighted by Gasteiger charge is -2.34. The summed E-state index contributed by atoms with van der Waals surface area (Å²) in [6, 6.07) is 3.43. The van der Waals surface area contributed by atoms with E-state index in [4.69, 9.17) is 4.74 Å². The molecule has 1 aromatic heterocycles. The first-order valence-corrected chi connectivity index (χ1v) is 6.86. The van der Waals surface area contributed by atoms with E-state index < -0.39 is 23.7 Å². The predicted molar refractivity (Wildman–Crippen MR) is 66.8 cm³/mol. The highest BCUT2D eigenvalue weighted by atomic mass is 79.9. The van der Waals surface area contributed by atoms with Crippen LogP contribution in [0.3, 0.4) is 0 Å². The third kappa shape index (κ3) is 3.11. The van der Waals surface area contributed by atoms with Gasteiger partial charge in [0.15, 0.2) is 5.44 Å². The van der Waals surface area contributed by atoms with Crippen molar-refractivity contribution >= 4 is 27.7 Å². The van der Waals surface area contributed by atoms with Crippen molar-refractivity contribution in [1.29, 1.82) is 0 Å². The summed E-state index contributed by atoms with van der Waals surface area (Å²) in [7, 11) is 0. The maximum Gasteiger partial charge on any atom is 0.173 e. The Balaban J connectivity index is 2.01. The predicted octanol–water partition coefficient (Wildman–Crippen LogP) is 0.378. The Morgan fingerprint density at radius 1 is 1.29 bits per heavy atom. The molecule has 2 heterocycles. The zero-order valence-electron chi connectivity index (χ0n) is 8.73. The van der Waals surface area contributed by atoms with Gasteiger partial charge in [0, 0.05) is 5.75 Å². The standard InChI is InChI=1S/C10H12BrNO4S/c11-7-2-1-5(3-12-7)16-10-9(15)8(14)6(13)4-17-10/h1-3,6,8-10,13-15H,4H2/t6-,8+,9-,10+/m1/s1. The molecule has 0 bridgehead atoms. The molecular weight excluding hydrogens is 310 g/mol. The number of aliphatic hydroxyl groups excluding tert-OH is 3. The van der Waals surface area contributed by atoms with Crippen LogP contribution in [-0.4, -0.2) is 49.8 Å². The summed E-state index contributed by atoms with van der Waals surface area (Å²) in [4.78, 5) is 3.99. The number of halogens is 1. The Morgan fingerprint density at radius 3 is 2.71 bits per heavy atom. The first-order valence-electron chi connectivity index (χ1n) is 5.02. The first kappa shape index (κ1) is 13.1. The van der Waals surface area contributed by atoms with Gasteiger partial charge in [0.25, 0.3) is 0 Å². The smallest absolute Gasteiger partial charge is 0.173 e. The number of rotatable bonds is 2. The minimum Gasteiger partial charge on any atom is -0.475 e. The van der Waals surface area contributed by atoms with Crippen LogP contribution >= 0.6 is 27.7 Å². The highest BCUT2D eigenvalue weighted by molar-refractivity contribution is 9.10. The summed E-state index contributed by atoms with van der Waals surface area (Å²) in [5, 5.41) is 28.6. The number of aromatic nitrogens is 1. The molecule has 0 aromatic carbocycles. The first-order chi connectivity index (χ1) is 8.08. The molecule has 0 aliphatic carbocycles. The fourth-order valence-electron chi connectivity index (χ4n) is 1.45. The number of aliphatic hydroxyl groups is 3. The van der Waals surface area contributed by atoms with Gasteiger partial charge < -0.3 is 20.1 Å². The molecule has 1 fully saturated rings. The van der Waals surface area contributed by atoms with Gasteiger partial charge in [0.1, 0.15) is 22.6 Å². The quantitative estimate of drug-likeness (QED) is 0.683. The summed E-state index contributed by atoms with van der Waals surface area (Å²) < 4.78 is 6.19. The van der Waals surface area contributed by atoms with E-state index in [0.717, 1.165) is 0 Å². The normalized spacial score (nSPS) is 33.4. The zero-order chi connectivity index (χ0) is 12.4. The fourth-order valence-corrected chi connectivity index (χ4v) is 2.80. The monoisotopic (exact) mass is 321 g/mol. The second-order valence-corrected chi connectivity index (χ2v) is 5.63. The molecule has 1 aromatic rings. The van der Waals surface area contributed by atoms with Gasteiger partial charge in [-0.15, -0.1) is 11.8 Å². The minimum atomic E-state index is -1.18. The van der Waals surface area contributed by atoms with Gasteiger partial charge in [-0.2, -0.15) is 0 Å². The molecule has 1 aliphatic rings. The van der Waals surface area contributed by atoms with Crippen LogP contribution in [0.25, 0.3) is 0 Å². The number of hydrogen-bond acceptors (Lipinski definition) is 6. The van der Waals surface area contributed by atoms with Gasteiger partial charge in [0.2, 0.25) is 0 Å². The number of nitrogens with zero attached hydrogens (tertiary/aromatic N) is 1. The van der Waals surface area contributed by atoms with Crippen molar-refractivity contribution in [2.75, 3.05) is 5.75 Å². The van der Waals surface area contributed by atoms with Crippen LogP contribution in [0.15, 0.2) is 22.9 Å². The molecule has 0 amide bonds. The van der Waals surface area contributed by atoms with Gasteiger partial charge in [-0.25, -0.2) is 4.98 Å². The van der Waals surface area contributed by atoms with E-state index in [0.29, 0.717) is 16.1 Å². The molecule has 5 nitrogen and oxygen atoms in total. The lowest BCUT2D eigenvalue weighted by Crippen LogP contribution is -2.50. The van der Waals surface area contributed by atoms with Crippen molar-refractivity contribution in [3.63, 3.8) is 0 Å². The summed E-state index contributed by atoms with van der Waals surface area (Å²) in [5.41, 5.74) is -0.601. The van der Waals surface area contributed by atoms with Crippen LogP contribution in [0.4, 0.5) is 0 Å². The summed E-state index contributed by atoms with van der Waals surface area (Å²) in [6.07, 6.45) is -1.69. The summed E-state index contributed by atoms with van der Waals surface area (Å²) >= 11 is 4.47. The Bertz CT molecular complexity index is 377. The summed E-state index contributed by atoms with van der Waals surface area (Å²) in [5.74, 6) is 0.834. The molecule has 0 unspecified atom stereocenters. The molecule has 0 spiro atoms. The molecule has 1 aliphatic heterocycles. The third-order valence-electron chi connectivity index (χ3n) is 2.41. The van der Waals surface area contributed by atoms with E-state index in [-0.39, 0.29) is 0 Å². The van der Waals surface area contributed by atoms with Crippen LogP contribution in [0.5, 0.6) is 5.75 Å². The van der Waals surface area contributed by atoms with Crippen LogP contribution in [0.1, 0.15) is 0 Å². The average molecular weight is 322 g/mol. The number of ether oxygens (including phenoxy) is 1. The highest BCUT2D eigenvalue weighted by Gasteiger charge is 2.38. The van der Waals surface area contributed by atoms with Crippen molar-refractivity contribution in [3.05, 3.63) is 22.9 Å². The largest absolute Gasteiger partial charge is 0.475 e. The Morgan fingerprint density at radius 2 is 2.06 bits per heavy atom. The molecule has 2 rings (SSSR count).